The molecule has 2 aromatic rings. The van der Waals surface area contributed by atoms with Gasteiger partial charge in [0, 0.05) is 25.9 Å². The Labute approximate surface area is 306 Å². The maximum atomic E-state index is 13.2. The van der Waals surface area contributed by atoms with Gasteiger partial charge in [0.05, 0.1) is 6.42 Å². The first kappa shape index (κ1) is 49.0. The van der Waals surface area contributed by atoms with Crippen LogP contribution in [0.5, 0.6) is 0 Å². The molecule has 24 heteroatoms. The second-order valence-corrected chi connectivity index (χ2v) is 24.1. The summed E-state index contributed by atoms with van der Waals surface area (Å²) < 4.78 is 210. The Kier molecular flexibility index (Phi) is 17.3. The van der Waals surface area contributed by atoms with Gasteiger partial charge in [-0.1, -0.05) is 60.7 Å². The van der Waals surface area contributed by atoms with Crippen molar-refractivity contribution in [1.82, 2.24) is 0 Å². The number of hydrogen-bond donors (Lipinski definition) is 0. The van der Waals surface area contributed by atoms with Gasteiger partial charge in [-0.05, 0) is 45.5 Å². The van der Waals surface area contributed by atoms with Crippen molar-refractivity contribution in [2.75, 3.05) is 26.0 Å². The monoisotopic (exact) mass is 892 g/mol. The summed E-state index contributed by atoms with van der Waals surface area (Å²) in [6, 6.07) is 16.6. The lowest BCUT2D eigenvalue weighted by molar-refractivity contribution is -0.441. The van der Waals surface area contributed by atoms with Gasteiger partial charge >= 0.3 is 50.6 Å². The third-order valence-corrected chi connectivity index (χ3v) is 16.2. The van der Waals surface area contributed by atoms with Gasteiger partial charge in [-0.25, -0.2) is 8.78 Å². The van der Waals surface area contributed by atoms with E-state index in [0.29, 0.717) is 19.8 Å². The first-order valence-electron chi connectivity index (χ1n) is 14.6. The van der Waals surface area contributed by atoms with Crippen molar-refractivity contribution in [2.45, 2.75) is 74.6 Å². The van der Waals surface area contributed by atoms with Crippen molar-refractivity contribution in [2.24, 2.45) is 0 Å². The molecule has 300 valence electrons. The van der Waals surface area contributed by atoms with Crippen molar-refractivity contribution in [3.63, 3.8) is 0 Å². The molecule has 0 aromatic heterocycles. The summed E-state index contributed by atoms with van der Waals surface area (Å²) in [6.45, 7) is 7.91. The van der Waals surface area contributed by atoms with E-state index in [1.54, 1.807) is 0 Å². The lowest BCUT2D eigenvalue weighted by atomic mass is 9.92. The molecule has 0 aliphatic rings. The van der Waals surface area contributed by atoms with E-state index in [1.165, 1.54) is 10.6 Å². The topological polar surface area (TPSA) is 27.7 Å². The van der Waals surface area contributed by atoms with Crippen molar-refractivity contribution < 1.29 is 79.1 Å². The standard InChI is InChI=1S/C20H29O3PSi.C8H2Cl3F15Si/c1-4-21-25(22-5-2,23-6-3)18-17-24(19-13-9-7-10-14-19)20-15-11-8-12-16-20;9-27(10,11)3(14,15)1-2(12,13)4(16,17)5(18,19)6(20,21)7(22,23)8(24,25)26/h7-16H,4-6,17-18H2,1-3H3;1H2. The molecule has 2 rings (SSSR count). The van der Waals surface area contributed by atoms with Crippen LogP contribution < -0.4 is 10.6 Å². The second kappa shape index (κ2) is 18.3. The molecule has 0 N–H and O–H groups in total. The average molecular weight is 894 g/mol. The van der Waals surface area contributed by atoms with Gasteiger partial charge in [0.2, 0.25) is 0 Å². The van der Waals surface area contributed by atoms with Crippen LogP contribution in [-0.4, -0.2) is 82.1 Å². The minimum Gasteiger partial charge on any atom is -0.374 e. The van der Waals surface area contributed by atoms with E-state index in [-0.39, 0.29) is 0 Å². The lowest BCUT2D eigenvalue weighted by Gasteiger charge is -2.40. The molecule has 3 nitrogen and oxygen atoms in total. The zero-order chi connectivity index (χ0) is 40.7. The Balaban J connectivity index is 0.000000521. The summed E-state index contributed by atoms with van der Waals surface area (Å²) in [6.07, 6.45) is -10.5. The molecule has 0 spiro atoms. The van der Waals surface area contributed by atoms with Gasteiger partial charge < -0.3 is 13.3 Å². The van der Waals surface area contributed by atoms with Crippen LogP contribution >= 0.6 is 41.2 Å². The molecule has 0 fully saturated rings. The van der Waals surface area contributed by atoms with E-state index >= 15 is 0 Å². The molecule has 0 saturated carbocycles. The Morgan fingerprint density at radius 1 is 0.538 bits per heavy atom. The number of halogens is 18. The van der Waals surface area contributed by atoms with Crippen LogP contribution in [-0.2, 0) is 13.3 Å². The fourth-order valence-corrected chi connectivity index (χ4v) is 11.1. The highest BCUT2D eigenvalue weighted by atomic mass is 35.8. The van der Waals surface area contributed by atoms with Crippen LogP contribution in [0.25, 0.3) is 0 Å². The first-order chi connectivity index (χ1) is 23.5. The Bertz CT molecular complexity index is 1320. The van der Waals surface area contributed by atoms with Crippen LogP contribution in [0, 0.1) is 0 Å². The normalized spacial score (nSPS) is 14.3. The van der Waals surface area contributed by atoms with Crippen LogP contribution in [0.4, 0.5) is 65.9 Å². The SMILES string of the molecule is CCO[Si](CCP(c1ccccc1)c1ccccc1)(OCC)OCC.FC(F)(F)C(F)(F)C(F)(F)C(F)(F)C(F)(F)C(F)(F)CC(F)(F)[Si](Cl)(Cl)Cl. The second-order valence-electron chi connectivity index (χ2n) is 10.4. The summed E-state index contributed by atoms with van der Waals surface area (Å²) in [5.74, 6) is -39.2. The highest BCUT2D eigenvalue weighted by Crippen LogP contribution is 2.62. The minimum absolute atomic E-state index is 0.453. The van der Waals surface area contributed by atoms with E-state index in [9.17, 15) is 65.9 Å². The molecule has 0 radical (unpaired) electrons. The van der Waals surface area contributed by atoms with Gasteiger partial charge in [-0.2, -0.15) is 57.1 Å². The predicted molar refractivity (Wildman–Crippen MR) is 173 cm³/mol. The Morgan fingerprint density at radius 2 is 0.885 bits per heavy atom. The number of rotatable bonds is 18. The Hall–Kier alpha value is -0.996. The highest BCUT2D eigenvalue weighted by Gasteiger charge is 2.91. The minimum atomic E-state index is -8.18. The van der Waals surface area contributed by atoms with E-state index in [0.717, 1.165) is 12.2 Å². The number of benzene rings is 2. The van der Waals surface area contributed by atoms with Crippen LogP contribution in [0.1, 0.15) is 27.2 Å². The fraction of sp³-hybridized carbons (Fsp3) is 0.571. The van der Waals surface area contributed by atoms with Crippen molar-refractivity contribution in [3.05, 3.63) is 60.7 Å². The van der Waals surface area contributed by atoms with Crippen molar-refractivity contribution >= 4 is 66.6 Å². The lowest BCUT2D eigenvalue weighted by Crippen LogP contribution is -2.70. The molecular weight excluding hydrogens is 863 g/mol. The van der Waals surface area contributed by atoms with Gasteiger partial charge in [-0.3, -0.25) is 0 Å². The third-order valence-electron chi connectivity index (χ3n) is 6.73. The fourth-order valence-electron chi connectivity index (χ4n) is 4.17. The summed E-state index contributed by atoms with van der Waals surface area (Å²) in [4.78, 5) is 0. The van der Waals surface area contributed by atoms with E-state index in [4.69, 9.17) is 13.3 Å². The molecule has 0 saturated heterocycles. The molecule has 0 atom stereocenters. The molecule has 0 aliphatic heterocycles. The summed E-state index contributed by atoms with van der Waals surface area (Å²) >= 11 is 13.7. The number of hydrogen-bond acceptors (Lipinski definition) is 3. The zero-order valence-electron chi connectivity index (χ0n) is 27.0. The molecule has 0 heterocycles. The van der Waals surface area contributed by atoms with Gasteiger partial charge in [0.1, 0.15) is 0 Å². The zero-order valence-corrected chi connectivity index (χ0v) is 32.2. The van der Waals surface area contributed by atoms with Crippen molar-refractivity contribution in [1.29, 1.82) is 0 Å². The van der Waals surface area contributed by atoms with E-state index in [1.807, 2.05) is 20.8 Å². The van der Waals surface area contributed by atoms with Gasteiger partial charge in [-0.15, -0.1) is 33.2 Å². The predicted octanol–water partition coefficient (Wildman–Crippen LogP) is 11.1. The summed E-state index contributed by atoms with van der Waals surface area (Å²) in [5, 5.41) is 2.77. The van der Waals surface area contributed by atoms with Crippen LogP contribution in [0.15, 0.2) is 60.7 Å². The summed E-state index contributed by atoms with van der Waals surface area (Å²) in [7, 11) is -3.06. The maximum absolute atomic E-state index is 13.2. The van der Waals surface area contributed by atoms with Crippen molar-refractivity contribution in [3.8, 4) is 0 Å². The number of alkyl halides is 15. The van der Waals surface area contributed by atoms with E-state index in [2.05, 4.69) is 93.9 Å². The molecule has 2 aromatic carbocycles. The largest absolute Gasteiger partial charge is 0.501 e. The summed E-state index contributed by atoms with van der Waals surface area (Å²) in [5.41, 5.74) is -5.50. The third kappa shape index (κ3) is 11.1. The smallest absolute Gasteiger partial charge is 0.374 e. The molecule has 0 amide bonds. The van der Waals surface area contributed by atoms with Crippen LogP contribution in [0.2, 0.25) is 6.04 Å². The van der Waals surface area contributed by atoms with Crippen LogP contribution in [0.3, 0.4) is 0 Å². The molecule has 0 unspecified atom stereocenters. The quantitative estimate of drug-likeness (QED) is 0.0646. The Morgan fingerprint density at radius 3 is 1.19 bits per heavy atom. The van der Waals surface area contributed by atoms with Gasteiger partial charge in [0.15, 0.2) is 0 Å². The molecule has 0 aliphatic carbocycles. The molecule has 52 heavy (non-hydrogen) atoms. The average Bonchev–Trinajstić information content (AvgIpc) is 3.01. The molecular formula is C28H31Cl3F15O3PSi2. The maximum Gasteiger partial charge on any atom is 0.501 e. The van der Waals surface area contributed by atoms with E-state index < -0.39 is 70.5 Å². The molecule has 0 bridgehead atoms. The first-order valence-corrected chi connectivity index (χ1v) is 23.1. The van der Waals surface area contributed by atoms with Gasteiger partial charge in [0.25, 0.3) is 5.55 Å². The highest BCUT2D eigenvalue weighted by molar-refractivity contribution is 7.73.